The van der Waals surface area contributed by atoms with Crippen molar-refractivity contribution in [3.05, 3.63) is 29.3 Å². The first-order valence-electron chi connectivity index (χ1n) is 6.64. The molecule has 0 aliphatic rings. The monoisotopic (exact) mass is 336 g/mol. The van der Waals surface area contributed by atoms with Gasteiger partial charge in [-0.15, -0.1) is 0 Å². The second kappa shape index (κ2) is 6.97. The van der Waals surface area contributed by atoms with E-state index in [4.69, 9.17) is 9.47 Å². The number of ketones is 1. The van der Waals surface area contributed by atoms with Crippen LogP contribution in [0.25, 0.3) is 0 Å². The van der Waals surface area contributed by atoms with Crippen LogP contribution in [0.4, 0.5) is 17.6 Å². The van der Waals surface area contributed by atoms with Gasteiger partial charge in [-0.2, -0.15) is 8.78 Å². The van der Waals surface area contributed by atoms with Gasteiger partial charge in [0.15, 0.2) is 17.4 Å². The molecule has 0 fully saturated rings. The first-order valence-corrected chi connectivity index (χ1v) is 6.64. The summed E-state index contributed by atoms with van der Waals surface area (Å²) in [5.41, 5.74) is -0.959. The Labute approximate surface area is 130 Å². The van der Waals surface area contributed by atoms with Gasteiger partial charge in [0.25, 0.3) is 0 Å². The van der Waals surface area contributed by atoms with Crippen LogP contribution in [0.3, 0.4) is 0 Å². The van der Waals surface area contributed by atoms with E-state index in [0.29, 0.717) is 0 Å². The number of benzene rings is 1. The molecule has 128 valence electrons. The zero-order valence-electron chi connectivity index (χ0n) is 13.0. The fourth-order valence-corrected chi connectivity index (χ4v) is 1.60. The lowest BCUT2D eigenvalue weighted by molar-refractivity contribution is -0.164. The Kier molecular flexibility index (Phi) is 5.74. The highest BCUT2D eigenvalue weighted by Crippen LogP contribution is 2.28. The van der Waals surface area contributed by atoms with Gasteiger partial charge >= 0.3 is 5.97 Å². The van der Waals surface area contributed by atoms with Crippen molar-refractivity contribution in [2.24, 2.45) is 0 Å². The van der Waals surface area contributed by atoms with Gasteiger partial charge < -0.3 is 9.47 Å². The van der Waals surface area contributed by atoms with E-state index in [-0.39, 0.29) is 6.07 Å². The topological polar surface area (TPSA) is 52.6 Å². The van der Waals surface area contributed by atoms with Gasteiger partial charge in [-0.1, -0.05) is 0 Å². The molecule has 0 bridgehead atoms. The maximum absolute atomic E-state index is 13.6. The lowest BCUT2D eigenvalue weighted by Gasteiger charge is -2.24. The number of esters is 1. The third kappa shape index (κ3) is 5.22. The molecule has 0 radical (unpaired) electrons. The average Bonchev–Trinajstić information content (AvgIpc) is 2.37. The predicted octanol–water partition coefficient (Wildman–Crippen LogP) is 3.31. The average molecular weight is 336 g/mol. The van der Waals surface area contributed by atoms with E-state index in [1.807, 2.05) is 0 Å². The number of Topliss-reactive ketones (excluding diaryl/α,β-unsaturated/α-hetero) is 1. The van der Waals surface area contributed by atoms with E-state index in [1.165, 1.54) is 20.8 Å². The molecule has 1 rings (SSSR count). The van der Waals surface area contributed by atoms with Crippen molar-refractivity contribution in [2.45, 2.75) is 45.8 Å². The summed E-state index contributed by atoms with van der Waals surface area (Å²) in [7, 11) is 0. The summed E-state index contributed by atoms with van der Waals surface area (Å²) in [6, 6.07) is 0.00494. The molecule has 0 amide bonds. The molecule has 1 unspecified atom stereocenters. The molecule has 1 aromatic carbocycles. The van der Waals surface area contributed by atoms with Crippen molar-refractivity contribution in [1.29, 1.82) is 0 Å². The Balaban J connectivity index is 3.17. The summed E-state index contributed by atoms with van der Waals surface area (Å²) in [6.07, 6.45) is -2.32. The second-order valence-corrected chi connectivity index (χ2v) is 5.84. The second-order valence-electron chi connectivity index (χ2n) is 5.84. The van der Waals surface area contributed by atoms with Crippen LogP contribution in [0.5, 0.6) is 5.75 Å². The normalized spacial score (nSPS) is 12.7. The van der Waals surface area contributed by atoms with Crippen molar-refractivity contribution in [2.75, 3.05) is 0 Å². The SMILES string of the molecule is CC(=O)CC(Oc1c(F)c(F)cc(F)c1F)C(=O)OC(C)(C)C. The molecular weight excluding hydrogens is 320 g/mol. The molecule has 0 N–H and O–H groups in total. The largest absolute Gasteiger partial charge is 0.472 e. The van der Waals surface area contributed by atoms with E-state index in [9.17, 15) is 27.2 Å². The lowest BCUT2D eigenvalue weighted by atomic mass is 10.1. The number of hydrogen-bond donors (Lipinski definition) is 0. The first-order chi connectivity index (χ1) is 10.4. The summed E-state index contributed by atoms with van der Waals surface area (Å²) in [6.45, 7) is 5.69. The minimum atomic E-state index is -1.80. The van der Waals surface area contributed by atoms with Crippen LogP contribution in [0, 0.1) is 23.3 Å². The van der Waals surface area contributed by atoms with E-state index < -0.39 is 58.9 Å². The van der Waals surface area contributed by atoms with Crippen LogP contribution >= 0.6 is 0 Å². The molecule has 0 aliphatic heterocycles. The van der Waals surface area contributed by atoms with Crippen molar-refractivity contribution in [1.82, 2.24) is 0 Å². The molecule has 0 saturated heterocycles. The molecule has 0 aliphatic carbocycles. The zero-order chi connectivity index (χ0) is 17.9. The summed E-state index contributed by atoms with van der Waals surface area (Å²) in [4.78, 5) is 23.2. The minimum Gasteiger partial charge on any atom is -0.472 e. The van der Waals surface area contributed by atoms with Crippen molar-refractivity contribution in [3.63, 3.8) is 0 Å². The molecule has 0 spiro atoms. The van der Waals surface area contributed by atoms with E-state index in [0.717, 1.165) is 6.92 Å². The quantitative estimate of drug-likeness (QED) is 0.470. The number of ether oxygens (including phenoxy) is 2. The van der Waals surface area contributed by atoms with E-state index in [2.05, 4.69) is 0 Å². The Morgan fingerprint density at radius 1 is 1.09 bits per heavy atom. The molecule has 23 heavy (non-hydrogen) atoms. The van der Waals surface area contributed by atoms with Crippen molar-refractivity contribution < 1.29 is 36.6 Å². The predicted molar refractivity (Wildman–Crippen MR) is 71.8 cm³/mol. The van der Waals surface area contributed by atoms with Gasteiger partial charge in [-0.3, -0.25) is 4.79 Å². The molecule has 0 heterocycles. The third-order valence-electron chi connectivity index (χ3n) is 2.47. The Hall–Kier alpha value is -2.12. The Morgan fingerprint density at radius 2 is 1.57 bits per heavy atom. The highest BCUT2D eigenvalue weighted by Gasteiger charge is 2.31. The summed E-state index contributed by atoms with van der Waals surface area (Å²) >= 11 is 0. The van der Waals surface area contributed by atoms with Crippen LogP contribution in [-0.2, 0) is 14.3 Å². The Bertz CT molecular complexity index is 597. The smallest absolute Gasteiger partial charge is 0.348 e. The lowest BCUT2D eigenvalue weighted by Crippen LogP contribution is -2.37. The zero-order valence-corrected chi connectivity index (χ0v) is 13.0. The standard InChI is InChI=1S/C15H16F4O4/c1-7(20)5-10(14(21)23-15(2,3)4)22-13-11(18)8(16)6-9(17)12(13)19/h6,10H,5H2,1-4H3. The van der Waals surface area contributed by atoms with Crippen molar-refractivity contribution >= 4 is 11.8 Å². The van der Waals surface area contributed by atoms with Gasteiger partial charge in [0.05, 0.1) is 6.42 Å². The van der Waals surface area contributed by atoms with Gasteiger partial charge in [0.1, 0.15) is 11.4 Å². The molecule has 0 aromatic heterocycles. The molecule has 0 saturated carbocycles. The van der Waals surface area contributed by atoms with Crippen LogP contribution in [0.15, 0.2) is 6.07 Å². The number of carbonyl (C=O) groups is 2. The minimum absolute atomic E-state index is 0.00494. The molecular formula is C15H16F4O4. The molecule has 1 aromatic rings. The van der Waals surface area contributed by atoms with Gasteiger partial charge in [0, 0.05) is 6.07 Å². The van der Waals surface area contributed by atoms with Crippen molar-refractivity contribution in [3.8, 4) is 5.75 Å². The summed E-state index contributed by atoms with van der Waals surface area (Å²) in [5, 5.41) is 0. The highest BCUT2D eigenvalue weighted by atomic mass is 19.2. The molecule has 1 atom stereocenters. The number of hydrogen-bond acceptors (Lipinski definition) is 4. The number of rotatable bonds is 5. The fraction of sp³-hybridized carbons (Fsp3) is 0.467. The first kappa shape index (κ1) is 18.9. The molecule has 8 heteroatoms. The van der Waals surface area contributed by atoms with E-state index in [1.54, 1.807) is 0 Å². The fourth-order valence-electron chi connectivity index (χ4n) is 1.60. The number of halogens is 4. The van der Waals surface area contributed by atoms with Crippen LogP contribution in [-0.4, -0.2) is 23.5 Å². The maximum atomic E-state index is 13.6. The van der Waals surface area contributed by atoms with Gasteiger partial charge in [-0.05, 0) is 27.7 Å². The van der Waals surface area contributed by atoms with Crippen LogP contribution in [0.1, 0.15) is 34.1 Å². The summed E-state index contributed by atoms with van der Waals surface area (Å²) < 4.78 is 63.2. The Morgan fingerprint density at radius 3 is 1.96 bits per heavy atom. The third-order valence-corrected chi connectivity index (χ3v) is 2.47. The molecule has 4 nitrogen and oxygen atoms in total. The van der Waals surface area contributed by atoms with Crippen LogP contribution in [0.2, 0.25) is 0 Å². The number of carbonyl (C=O) groups excluding carboxylic acids is 2. The maximum Gasteiger partial charge on any atom is 0.348 e. The highest BCUT2D eigenvalue weighted by molar-refractivity contribution is 5.84. The van der Waals surface area contributed by atoms with Gasteiger partial charge in [0.2, 0.25) is 17.7 Å². The van der Waals surface area contributed by atoms with E-state index >= 15 is 0 Å². The van der Waals surface area contributed by atoms with Gasteiger partial charge in [-0.25, -0.2) is 13.6 Å². The summed E-state index contributed by atoms with van der Waals surface area (Å²) in [5.74, 6) is -10.0. The van der Waals surface area contributed by atoms with Crippen LogP contribution < -0.4 is 4.74 Å².